The molecule has 5 rings (SSSR count). The van der Waals surface area contributed by atoms with Crippen molar-refractivity contribution >= 4 is 23.3 Å². The number of piperazine rings is 1. The third-order valence-electron chi connectivity index (χ3n) is 6.01. The van der Waals surface area contributed by atoms with Crippen LogP contribution >= 0.6 is 11.6 Å². The molecule has 1 fully saturated rings. The Bertz CT molecular complexity index is 1130. The maximum atomic E-state index is 12.9. The summed E-state index contributed by atoms with van der Waals surface area (Å²) in [5.41, 5.74) is 3.95. The van der Waals surface area contributed by atoms with Crippen molar-refractivity contribution in [2.45, 2.75) is 19.6 Å². The molecule has 0 bridgehead atoms. The fourth-order valence-electron chi connectivity index (χ4n) is 4.43. The van der Waals surface area contributed by atoms with Crippen LogP contribution in [-0.2, 0) is 19.6 Å². The molecule has 36 heavy (non-hydrogen) atoms. The van der Waals surface area contributed by atoms with E-state index in [1.54, 1.807) is 0 Å². The van der Waals surface area contributed by atoms with E-state index in [2.05, 4.69) is 33.0 Å². The van der Waals surface area contributed by atoms with Crippen LogP contribution in [-0.4, -0.2) is 46.9 Å². The van der Waals surface area contributed by atoms with Crippen molar-refractivity contribution in [3.63, 3.8) is 0 Å². The second kappa shape index (κ2) is 13.5. The number of carbonyl (C=O) groups excluding carboxylic acids is 1. The molecule has 2 aromatic carbocycles. The van der Waals surface area contributed by atoms with E-state index in [1.165, 1.54) is 5.56 Å². The average molecular weight is 739 g/mol. The fraction of sp³-hybridized carbons (Fsp3) is 0.269. The molecule has 0 aliphatic carbocycles. The van der Waals surface area contributed by atoms with Crippen LogP contribution in [0.4, 0.5) is 19.0 Å². The summed E-state index contributed by atoms with van der Waals surface area (Å²) in [4.78, 5) is 24.0. The summed E-state index contributed by atoms with van der Waals surface area (Å²) in [7, 11) is 0. The minimum Gasteiger partial charge on any atom is -0.385 e. The first-order chi connectivity index (χ1) is 16.9. The van der Waals surface area contributed by atoms with Gasteiger partial charge < -0.3 is 23.0 Å². The van der Waals surface area contributed by atoms with E-state index in [0.29, 0.717) is 23.7 Å². The second-order valence-corrected chi connectivity index (χ2v) is 8.75. The predicted molar refractivity (Wildman–Crippen MR) is 129 cm³/mol. The van der Waals surface area contributed by atoms with Crippen molar-refractivity contribution in [2.75, 3.05) is 31.1 Å². The van der Waals surface area contributed by atoms with Gasteiger partial charge in [-0.05, 0) is 29.3 Å². The minimum absolute atomic E-state index is 0. The predicted octanol–water partition coefficient (Wildman–Crippen LogP) is 5.36. The van der Waals surface area contributed by atoms with E-state index in [0.717, 1.165) is 49.7 Å². The maximum absolute atomic E-state index is 12.9. The van der Waals surface area contributed by atoms with Crippen molar-refractivity contribution in [1.82, 2.24) is 14.8 Å². The van der Waals surface area contributed by atoms with E-state index in [9.17, 15) is 18.0 Å². The monoisotopic (exact) mass is 738 g/mol. The van der Waals surface area contributed by atoms with Crippen molar-refractivity contribution in [1.29, 1.82) is 0 Å². The number of rotatable bonds is 5. The fourth-order valence-corrected chi connectivity index (χ4v) is 4.77. The van der Waals surface area contributed by atoms with Crippen LogP contribution in [0.5, 0.6) is 0 Å². The molecule has 0 N–H and O–H groups in total. The first kappa shape index (κ1) is 28.5. The van der Waals surface area contributed by atoms with Crippen LogP contribution in [0.25, 0.3) is 0 Å². The van der Waals surface area contributed by atoms with Crippen LogP contribution in [0.1, 0.15) is 27.0 Å². The minimum atomic E-state index is -3.08. The van der Waals surface area contributed by atoms with Crippen LogP contribution in [0.15, 0.2) is 60.8 Å². The van der Waals surface area contributed by atoms with Crippen molar-refractivity contribution in [2.24, 2.45) is 0 Å². The topological polar surface area (TPSA) is 39.7 Å². The Morgan fingerprint density at radius 2 is 1.67 bits per heavy atom. The number of amides is 1. The number of nitrogens with zero attached hydrogens (tertiary/aromatic N) is 4. The normalized spacial score (nSPS) is 15.3. The third kappa shape index (κ3) is 7.48. The Hall–Kier alpha value is -2.05. The molecule has 0 saturated carbocycles. The number of aromatic nitrogens is 1. The van der Waals surface area contributed by atoms with Crippen LogP contribution in [0, 0.1) is 43.9 Å². The van der Waals surface area contributed by atoms with E-state index in [1.807, 2.05) is 53.6 Å². The van der Waals surface area contributed by atoms with E-state index in [4.69, 9.17) is 11.6 Å². The zero-order valence-corrected chi connectivity index (χ0v) is 24.4. The van der Waals surface area contributed by atoms with Crippen molar-refractivity contribution in [3.05, 3.63) is 101 Å². The molecule has 2 aliphatic rings. The molecule has 0 spiro atoms. The Labute approximate surface area is 237 Å². The molecule has 1 saturated heterocycles. The summed E-state index contributed by atoms with van der Waals surface area (Å²) in [6, 6.07) is 20.9. The van der Waals surface area contributed by atoms with Gasteiger partial charge in [-0.25, -0.2) is 4.98 Å². The van der Waals surface area contributed by atoms with Gasteiger partial charge in [0.05, 0.1) is 10.6 Å². The first-order valence-electron chi connectivity index (χ1n) is 11.2. The SMILES string of the molecule is F[C-](F)F.O=C1c2c(Cl)cc(CN3CCN(c4ccccn4)CC3)cc2CN1Cc1cc[c-]cc1.[U+2]. The molecule has 2 aliphatic heterocycles. The molecule has 1 amide bonds. The van der Waals surface area contributed by atoms with Gasteiger partial charge >= 0.3 is 31.1 Å². The summed E-state index contributed by atoms with van der Waals surface area (Å²) >= 11 is 6.57. The molecular weight excluding hydrogens is 715 g/mol. The maximum Gasteiger partial charge on any atom is 2.00 e. The second-order valence-electron chi connectivity index (χ2n) is 8.35. The number of halogens is 4. The summed E-state index contributed by atoms with van der Waals surface area (Å²) in [5.74, 6) is 1.06. The van der Waals surface area contributed by atoms with Crippen LogP contribution in [0.3, 0.4) is 0 Å². The van der Waals surface area contributed by atoms with Crippen molar-refractivity contribution in [3.8, 4) is 0 Å². The number of anilines is 1. The molecule has 3 heterocycles. The smallest absolute Gasteiger partial charge is 0.385 e. The Morgan fingerprint density at radius 1 is 0.972 bits per heavy atom. The average Bonchev–Trinajstić information content (AvgIpc) is 3.15. The van der Waals surface area contributed by atoms with Gasteiger partial charge in [0.2, 0.25) is 0 Å². The van der Waals surface area contributed by atoms with Gasteiger partial charge in [-0.3, -0.25) is 9.69 Å². The first-order valence-corrected chi connectivity index (χ1v) is 11.6. The van der Waals surface area contributed by atoms with Crippen LogP contribution in [0.2, 0.25) is 5.02 Å². The largest absolute Gasteiger partial charge is 2.00 e. The Morgan fingerprint density at radius 3 is 2.31 bits per heavy atom. The van der Waals surface area contributed by atoms with E-state index >= 15 is 0 Å². The summed E-state index contributed by atoms with van der Waals surface area (Å²) < 4.78 is 28.8. The number of hydrogen-bond acceptors (Lipinski definition) is 4. The van der Waals surface area contributed by atoms with E-state index < -0.39 is 6.68 Å². The third-order valence-corrected chi connectivity index (χ3v) is 6.30. The zero-order chi connectivity index (χ0) is 24.8. The van der Waals surface area contributed by atoms with Gasteiger partial charge in [-0.2, -0.15) is 30.3 Å². The van der Waals surface area contributed by atoms with Gasteiger partial charge in [0.15, 0.2) is 6.68 Å². The molecule has 10 heteroatoms. The summed E-state index contributed by atoms with van der Waals surface area (Å²) in [6.07, 6.45) is 1.84. The number of hydrogen-bond donors (Lipinski definition) is 0. The van der Waals surface area contributed by atoms with Gasteiger partial charge in [-0.1, -0.05) is 23.7 Å². The summed E-state index contributed by atoms with van der Waals surface area (Å²) in [6.45, 7) is 2.80. The standard InChI is InChI=1S/C25H24ClN4O.CF3.U/c26-22-15-20(16-28-10-12-29(13-11-28)23-8-4-5-9-27-23)14-21-18-30(25(31)24(21)22)17-19-6-2-1-3-7-19;2-1(3)4;/h2-9,14-15H,10-13,16-18H2;;/q2*-1;+2. The Balaban J connectivity index is 0.000000674. The van der Waals surface area contributed by atoms with Gasteiger partial charge in [0, 0.05) is 52.0 Å². The molecule has 186 valence electrons. The summed E-state index contributed by atoms with van der Waals surface area (Å²) in [5, 5.41) is 0.563. The molecule has 1 aromatic heterocycles. The molecule has 5 nitrogen and oxygen atoms in total. The quantitative estimate of drug-likeness (QED) is 0.331. The number of carbonyl (C=O) groups is 1. The molecule has 0 atom stereocenters. The van der Waals surface area contributed by atoms with Gasteiger partial charge in [0.1, 0.15) is 5.82 Å². The Kier molecular flexibility index (Phi) is 10.7. The zero-order valence-electron chi connectivity index (χ0n) is 19.4. The van der Waals surface area contributed by atoms with Crippen molar-refractivity contribution < 1.29 is 49.1 Å². The van der Waals surface area contributed by atoms with Gasteiger partial charge in [-0.15, -0.1) is 5.56 Å². The molecule has 3 aromatic rings. The molecule has 0 unspecified atom stereocenters. The van der Waals surface area contributed by atoms with Gasteiger partial charge in [0.25, 0.3) is 5.91 Å². The number of benzene rings is 2. The molecule has 0 radical (unpaired) electrons. The van der Waals surface area contributed by atoms with Crippen LogP contribution < -0.4 is 4.90 Å². The number of fused-ring (bicyclic) bond motifs is 1. The van der Waals surface area contributed by atoms with E-state index in [-0.39, 0.29) is 37.0 Å². The number of pyridine rings is 1. The molecular formula is C26H24ClF3N4OU.